The molecule has 0 bridgehead atoms. The topological polar surface area (TPSA) is 46.3 Å². The van der Waals surface area contributed by atoms with Crippen LogP contribution < -0.4 is 0 Å². The Balaban J connectivity index is 1.96. The van der Waals surface area contributed by atoms with Gasteiger partial charge >= 0.3 is 0 Å². The van der Waals surface area contributed by atoms with Gasteiger partial charge in [-0.15, -0.1) is 10.2 Å². The molecule has 0 amide bonds. The first-order chi connectivity index (χ1) is 10.2. The molecule has 0 aliphatic carbocycles. The van der Waals surface area contributed by atoms with Gasteiger partial charge in [-0.3, -0.25) is 4.90 Å². The van der Waals surface area contributed by atoms with E-state index in [1.54, 1.807) is 0 Å². The quantitative estimate of drug-likeness (QED) is 0.723. The molecule has 0 aliphatic rings. The van der Waals surface area contributed by atoms with Gasteiger partial charge in [-0.2, -0.15) is 9.61 Å². The molecular weight excluding hydrogens is 306 g/mol. The molecule has 0 unspecified atom stereocenters. The fraction of sp³-hybridized carbons (Fsp3) is 0.357. The molecule has 0 saturated heterocycles. The molecule has 1 aromatic carbocycles. The minimum absolute atomic E-state index is 0.710. The SMILES string of the molecule is CCN(CC)Cc1nnc2sc(-c3cccc(Cl)c3)nn12. The van der Waals surface area contributed by atoms with Crippen molar-refractivity contribution in [2.75, 3.05) is 13.1 Å². The largest absolute Gasteiger partial charge is 0.296 e. The number of rotatable bonds is 5. The average molecular weight is 322 g/mol. The molecule has 5 nitrogen and oxygen atoms in total. The molecule has 2 aromatic heterocycles. The van der Waals surface area contributed by atoms with Crippen LogP contribution in [0.3, 0.4) is 0 Å². The standard InChI is InChI=1S/C14H16ClN5S/c1-3-19(4-2)9-12-16-17-14-20(12)18-13(21-14)10-6-5-7-11(15)8-10/h5-8H,3-4,9H2,1-2H3. The average Bonchev–Trinajstić information content (AvgIpc) is 3.06. The van der Waals surface area contributed by atoms with Crippen molar-refractivity contribution in [1.29, 1.82) is 0 Å². The van der Waals surface area contributed by atoms with Crippen LogP contribution in [0.15, 0.2) is 24.3 Å². The minimum Gasteiger partial charge on any atom is -0.296 e. The number of fused-ring (bicyclic) bond motifs is 1. The summed E-state index contributed by atoms with van der Waals surface area (Å²) in [5, 5.41) is 14.7. The van der Waals surface area contributed by atoms with E-state index in [1.807, 2.05) is 28.8 Å². The van der Waals surface area contributed by atoms with Crippen molar-refractivity contribution in [3.63, 3.8) is 0 Å². The van der Waals surface area contributed by atoms with Crippen LogP contribution >= 0.6 is 22.9 Å². The summed E-state index contributed by atoms with van der Waals surface area (Å²) in [6.07, 6.45) is 0. The monoisotopic (exact) mass is 321 g/mol. The number of hydrogen-bond donors (Lipinski definition) is 0. The van der Waals surface area contributed by atoms with Crippen molar-refractivity contribution < 1.29 is 0 Å². The molecule has 0 spiro atoms. The Morgan fingerprint density at radius 2 is 2.05 bits per heavy atom. The first kappa shape index (κ1) is 14.4. The van der Waals surface area contributed by atoms with Gasteiger partial charge in [0.2, 0.25) is 4.96 Å². The highest BCUT2D eigenvalue weighted by atomic mass is 35.5. The van der Waals surface area contributed by atoms with Crippen molar-refractivity contribution in [2.24, 2.45) is 0 Å². The Morgan fingerprint density at radius 1 is 1.24 bits per heavy atom. The Labute approximate surface area is 132 Å². The van der Waals surface area contributed by atoms with Crippen molar-refractivity contribution in [2.45, 2.75) is 20.4 Å². The van der Waals surface area contributed by atoms with E-state index in [1.165, 1.54) is 11.3 Å². The lowest BCUT2D eigenvalue weighted by Crippen LogP contribution is -2.23. The van der Waals surface area contributed by atoms with Crippen LogP contribution in [0.2, 0.25) is 5.02 Å². The number of hydrogen-bond acceptors (Lipinski definition) is 5. The third-order valence-corrected chi connectivity index (χ3v) is 4.57. The second kappa shape index (κ2) is 6.09. The molecule has 0 fully saturated rings. The summed E-state index contributed by atoms with van der Waals surface area (Å²) in [5.41, 5.74) is 1.01. The van der Waals surface area contributed by atoms with E-state index in [9.17, 15) is 0 Å². The summed E-state index contributed by atoms with van der Waals surface area (Å²) in [5.74, 6) is 0.873. The maximum absolute atomic E-state index is 6.04. The van der Waals surface area contributed by atoms with Gasteiger partial charge in [-0.1, -0.05) is 48.9 Å². The molecular formula is C14H16ClN5S. The summed E-state index contributed by atoms with van der Waals surface area (Å²) in [6, 6.07) is 7.70. The number of aromatic nitrogens is 4. The maximum Gasteiger partial charge on any atom is 0.235 e. The first-order valence-corrected chi connectivity index (χ1v) is 8.10. The number of nitrogens with zero attached hydrogens (tertiary/aromatic N) is 5. The van der Waals surface area contributed by atoms with Gasteiger partial charge in [0.25, 0.3) is 0 Å². The predicted octanol–water partition coefficient (Wildman–Crippen LogP) is 3.35. The van der Waals surface area contributed by atoms with Crippen LogP contribution in [0.4, 0.5) is 0 Å². The Morgan fingerprint density at radius 3 is 2.76 bits per heavy atom. The zero-order valence-electron chi connectivity index (χ0n) is 12.0. The summed E-state index contributed by atoms with van der Waals surface area (Å²) in [6.45, 7) is 7.00. The molecule has 2 heterocycles. The van der Waals surface area contributed by atoms with Gasteiger partial charge in [0.05, 0.1) is 6.54 Å². The second-order valence-electron chi connectivity index (χ2n) is 4.69. The minimum atomic E-state index is 0.710. The van der Waals surface area contributed by atoms with Crippen LogP contribution in [0.1, 0.15) is 19.7 Å². The summed E-state index contributed by atoms with van der Waals surface area (Å²) in [4.78, 5) is 3.10. The van der Waals surface area contributed by atoms with Crippen molar-refractivity contribution in [3.8, 4) is 10.6 Å². The molecule has 21 heavy (non-hydrogen) atoms. The normalized spacial score (nSPS) is 11.6. The molecule has 0 atom stereocenters. The van der Waals surface area contributed by atoms with Gasteiger partial charge in [0.15, 0.2) is 5.82 Å². The molecule has 0 saturated carbocycles. The third-order valence-electron chi connectivity index (χ3n) is 3.39. The van der Waals surface area contributed by atoms with Gasteiger partial charge in [-0.25, -0.2) is 0 Å². The highest BCUT2D eigenvalue weighted by molar-refractivity contribution is 7.19. The lowest BCUT2D eigenvalue weighted by molar-refractivity contribution is 0.286. The molecule has 3 rings (SSSR count). The first-order valence-electron chi connectivity index (χ1n) is 6.90. The van der Waals surface area contributed by atoms with Crippen LogP contribution in [-0.2, 0) is 6.54 Å². The molecule has 7 heteroatoms. The fourth-order valence-electron chi connectivity index (χ4n) is 2.14. The molecule has 0 N–H and O–H groups in total. The Hall–Kier alpha value is -1.50. The predicted molar refractivity (Wildman–Crippen MR) is 85.7 cm³/mol. The van der Waals surface area contributed by atoms with E-state index in [4.69, 9.17) is 11.6 Å². The van der Waals surface area contributed by atoms with Crippen LogP contribution in [0, 0.1) is 0 Å². The smallest absolute Gasteiger partial charge is 0.235 e. The zero-order chi connectivity index (χ0) is 14.8. The third kappa shape index (κ3) is 2.92. The zero-order valence-corrected chi connectivity index (χ0v) is 13.5. The van der Waals surface area contributed by atoms with E-state index in [-0.39, 0.29) is 0 Å². The molecule has 0 aliphatic heterocycles. The lowest BCUT2D eigenvalue weighted by atomic mass is 10.2. The van der Waals surface area contributed by atoms with Crippen LogP contribution in [0.25, 0.3) is 15.5 Å². The fourth-order valence-corrected chi connectivity index (χ4v) is 3.19. The number of halogens is 1. The molecule has 3 aromatic rings. The lowest BCUT2D eigenvalue weighted by Gasteiger charge is -2.15. The highest BCUT2D eigenvalue weighted by Crippen LogP contribution is 2.27. The van der Waals surface area contributed by atoms with E-state index in [0.29, 0.717) is 5.02 Å². The van der Waals surface area contributed by atoms with Crippen molar-refractivity contribution in [1.82, 2.24) is 24.7 Å². The van der Waals surface area contributed by atoms with E-state index in [0.717, 1.165) is 41.0 Å². The second-order valence-corrected chi connectivity index (χ2v) is 6.08. The molecule has 0 radical (unpaired) electrons. The van der Waals surface area contributed by atoms with Gasteiger partial charge in [0.1, 0.15) is 5.01 Å². The van der Waals surface area contributed by atoms with Crippen molar-refractivity contribution in [3.05, 3.63) is 35.1 Å². The van der Waals surface area contributed by atoms with Crippen LogP contribution in [0.5, 0.6) is 0 Å². The number of benzene rings is 1. The summed E-state index contributed by atoms with van der Waals surface area (Å²) < 4.78 is 1.83. The summed E-state index contributed by atoms with van der Waals surface area (Å²) in [7, 11) is 0. The van der Waals surface area contributed by atoms with Gasteiger partial charge < -0.3 is 0 Å². The van der Waals surface area contributed by atoms with Gasteiger partial charge in [0, 0.05) is 10.6 Å². The van der Waals surface area contributed by atoms with E-state index >= 15 is 0 Å². The Kier molecular flexibility index (Phi) is 4.19. The van der Waals surface area contributed by atoms with E-state index in [2.05, 4.69) is 34.0 Å². The Bertz CT molecular complexity index is 747. The van der Waals surface area contributed by atoms with Crippen molar-refractivity contribution >= 4 is 27.9 Å². The van der Waals surface area contributed by atoms with Crippen LogP contribution in [-0.4, -0.2) is 37.8 Å². The summed E-state index contributed by atoms with van der Waals surface area (Å²) >= 11 is 7.56. The van der Waals surface area contributed by atoms with Gasteiger partial charge in [-0.05, 0) is 25.2 Å². The molecule has 110 valence electrons. The van der Waals surface area contributed by atoms with E-state index < -0.39 is 0 Å². The highest BCUT2D eigenvalue weighted by Gasteiger charge is 2.14. The maximum atomic E-state index is 6.04.